The van der Waals surface area contributed by atoms with Crippen molar-refractivity contribution in [3.63, 3.8) is 0 Å². The molecule has 1 saturated heterocycles. The lowest BCUT2D eigenvalue weighted by Gasteiger charge is -2.30. The van der Waals surface area contributed by atoms with Gasteiger partial charge in [-0.2, -0.15) is 5.09 Å². The molecule has 0 spiro atoms. The number of ether oxygens (including phenoxy) is 3. The van der Waals surface area contributed by atoms with Crippen molar-refractivity contribution < 1.29 is 46.2 Å². The summed E-state index contributed by atoms with van der Waals surface area (Å²) >= 11 is 0. The average Bonchev–Trinajstić information content (AvgIpc) is 3.16. The Hall–Kier alpha value is -3.91. The molecule has 0 aliphatic carbocycles. The number of hydrogen-bond acceptors (Lipinski definition) is 10. The molecule has 2 N–H and O–H groups in total. The molecule has 0 bridgehead atoms. The SMILES string of the molecule is CCC(=O)OC1C(F)(COP(=O)(NC(C)C(=O)OC(C)C)Oc2cccc3ccccc23)OC(n2ccc(=O)[nH]c2=O)C1(C)F. The minimum atomic E-state index is -4.76. The molecule has 45 heavy (non-hydrogen) atoms. The molecule has 13 nitrogen and oxygen atoms in total. The summed E-state index contributed by atoms with van der Waals surface area (Å²) in [4.78, 5) is 50.8. The van der Waals surface area contributed by atoms with Crippen LogP contribution in [-0.2, 0) is 32.9 Å². The first-order valence-electron chi connectivity index (χ1n) is 14.1. The van der Waals surface area contributed by atoms with Gasteiger partial charge >= 0.3 is 25.4 Å². The summed E-state index contributed by atoms with van der Waals surface area (Å²) in [6.07, 6.45) is -4.34. The molecular weight excluding hydrogens is 619 g/mol. The lowest BCUT2D eigenvalue weighted by Crippen LogP contribution is -2.50. The second kappa shape index (κ2) is 13.2. The van der Waals surface area contributed by atoms with E-state index < -0.39 is 73.5 Å². The second-order valence-electron chi connectivity index (χ2n) is 10.8. The molecule has 1 aliphatic heterocycles. The monoisotopic (exact) mass is 653 g/mol. The summed E-state index contributed by atoms with van der Waals surface area (Å²) in [6, 6.07) is 11.3. The molecule has 1 aromatic heterocycles. The van der Waals surface area contributed by atoms with Crippen LogP contribution in [0.3, 0.4) is 0 Å². The number of benzene rings is 2. The zero-order chi connectivity index (χ0) is 33.2. The average molecular weight is 654 g/mol. The molecular formula is C29H34F2N3O10P. The first-order valence-corrected chi connectivity index (χ1v) is 15.6. The van der Waals surface area contributed by atoms with Gasteiger partial charge in [0.2, 0.25) is 6.10 Å². The molecule has 1 fully saturated rings. The lowest BCUT2D eigenvalue weighted by molar-refractivity contribution is -0.214. The van der Waals surface area contributed by atoms with Gasteiger partial charge in [0.1, 0.15) is 18.4 Å². The maximum Gasteiger partial charge on any atom is 0.459 e. The van der Waals surface area contributed by atoms with Crippen molar-refractivity contribution in [1.29, 1.82) is 0 Å². The first-order chi connectivity index (χ1) is 21.1. The Balaban J connectivity index is 1.72. The van der Waals surface area contributed by atoms with Gasteiger partial charge in [-0.1, -0.05) is 43.3 Å². The van der Waals surface area contributed by atoms with Gasteiger partial charge in [-0.3, -0.25) is 28.5 Å². The molecule has 0 saturated carbocycles. The van der Waals surface area contributed by atoms with Crippen molar-refractivity contribution in [3.05, 3.63) is 75.6 Å². The highest BCUT2D eigenvalue weighted by molar-refractivity contribution is 7.52. The van der Waals surface area contributed by atoms with Crippen LogP contribution in [0, 0.1) is 0 Å². The zero-order valence-electron chi connectivity index (χ0n) is 25.2. The smallest absolute Gasteiger partial charge is 0.459 e. The summed E-state index contributed by atoms with van der Waals surface area (Å²) in [5, 5.41) is 3.61. The van der Waals surface area contributed by atoms with E-state index in [-0.39, 0.29) is 12.2 Å². The maximum atomic E-state index is 16.8. The summed E-state index contributed by atoms with van der Waals surface area (Å²) in [6.45, 7) is 5.37. The number of alkyl halides is 2. The Morgan fingerprint density at radius 1 is 1.11 bits per heavy atom. The lowest BCUT2D eigenvalue weighted by atomic mass is 9.97. The number of esters is 2. The van der Waals surface area contributed by atoms with Crippen LogP contribution in [0.25, 0.3) is 10.8 Å². The van der Waals surface area contributed by atoms with Crippen LogP contribution in [0.4, 0.5) is 8.78 Å². The predicted molar refractivity (Wildman–Crippen MR) is 157 cm³/mol. The van der Waals surface area contributed by atoms with Crippen LogP contribution < -0.4 is 20.9 Å². The van der Waals surface area contributed by atoms with Gasteiger partial charge < -0.3 is 18.7 Å². The van der Waals surface area contributed by atoms with Gasteiger partial charge in [0.15, 0.2) is 11.9 Å². The quantitative estimate of drug-likeness (QED) is 0.214. The normalized spacial score (nSPS) is 25.1. The highest BCUT2D eigenvalue weighted by atomic mass is 31.2. The van der Waals surface area contributed by atoms with E-state index >= 15 is 8.78 Å². The Morgan fingerprint density at radius 3 is 2.47 bits per heavy atom. The minimum Gasteiger partial charge on any atom is -0.462 e. The predicted octanol–water partition coefficient (Wildman–Crippen LogP) is 4.07. The number of H-pyrrole nitrogens is 1. The molecule has 6 unspecified atom stereocenters. The van der Waals surface area contributed by atoms with Gasteiger partial charge in [-0.15, -0.1) is 0 Å². The van der Waals surface area contributed by atoms with Crippen molar-refractivity contribution in [2.45, 2.75) is 77.0 Å². The minimum absolute atomic E-state index is 0.0376. The molecule has 2 heterocycles. The van der Waals surface area contributed by atoms with E-state index in [1.807, 2.05) is 4.98 Å². The third-order valence-electron chi connectivity index (χ3n) is 6.79. The fourth-order valence-electron chi connectivity index (χ4n) is 4.67. The van der Waals surface area contributed by atoms with Crippen LogP contribution >= 0.6 is 7.75 Å². The zero-order valence-corrected chi connectivity index (χ0v) is 26.0. The van der Waals surface area contributed by atoms with E-state index in [0.717, 1.165) is 19.2 Å². The van der Waals surface area contributed by atoms with Gasteiger partial charge in [-0.05, 0) is 39.1 Å². The highest BCUT2D eigenvalue weighted by Gasteiger charge is 2.68. The number of nitrogens with zero attached hydrogens (tertiary/aromatic N) is 1. The van der Waals surface area contributed by atoms with Crippen molar-refractivity contribution in [2.24, 2.45) is 0 Å². The highest BCUT2D eigenvalue weighted by Crippen LogP contribution is 2.53. The van der Waals surface area contributed by atoms with Crippen molar-refractivity contribution in [1.82, 2.24) is 14.6 Å². The molecule has 0 amide bonds. The number of aromatic amines is 1. The third kappa shape index (κ3) is 7.50. The van der Waals surface area contributed by atoms with Crippen LogP contribution in [-0.4, -0.2) is 57.9 Å². The van der Waals surface area contributed by atoms with Gasteiger partial charge in [0, 0.05) is 24.1 Å². The molecule has 3 aromatic rings. The third-order valence-corrected chi connectivity index (χ3v) is 8.40. The van der Waals surface area contributed by atoms with Crippen LogP contribution in [0.5, 0.6) is 5.75 Å². The summed E-state index contributed by atoms with van der Waals surface area (Å²) in [5.74, 6) is -5.17. The van der Waals surface area contributed by atoms with Gasteiger partial charge in [0.05, 0.1) is 6.10 Å². The number of aromatic nitrogens is 2. The summed E-state index contributed by atoms with van der Waals surface area (Å²) < 4.78 is 74.8. The largest absolute Gasteiger partial charge is 0.462 e. The number of carbonyl (C=O) groups is 2. The second-order valence-corrected chi connectivity index (χ2v) is 12.5. The maximum absolute atomic E-state index is 16.8. The van der Waals surface area contributed by atoms with E-state index in [1.165, 1.54) is 19.9 Å². The molecule has 16 heteroatoms. The Kier molecular flexibility index (Phi) is 9.98. The number of rotatable bonds is 12. The van der Waals surface area contributed by atoms with E-state index in [0.29, 0.717) is 15.3 Å². The van der Waals surface area contributed by atoms with Crippen molar-refractivity contribution in [2.75, 3.05) is 6.61 Å². The molecule has 244 valence electrons. The molecule has 0 radical (unpaired) electrons. The van der Waals surface area contributed by atoms with Crippen molar-refractivity contribution in [3.8, 4) is 5.75 Å². The number of nitrogens with one attached hydrogen (secondary N) is 2. The number of carbonyl (C=O) groups excluding carboxylic acids is 2. The van der Waals surface area contributed by atoms with Crippen molar-refractivity contribution >= 4 is 30.5 Å². The van der Waals surface area contributed by atoms with Gasteiger partial charge in [-0.25, -0.2) is 18.1 Å². The Morgan fingerprint density at radius 2 is 1.80 bits per heavy atom. The fourth-order valence-corrected chi connectivity index (χ4v) is 6.20. The van der Waals surface area contributed by atoms with E-state index in [2.05, 4.69) is 5.09 Å². The topological polar surface area (TPSA) is 164 Å². The van der Waals surface area contributed by atoms with E-state index in [9.17, 15) is 23.7 Å². The number of halogens is 2. The first kappa shape index (κ1) is 34.0. The van der Waals surface area contributed by atoms with E-state index in [1.54, 1.807) is 50.2 Å². The molecule has 2 aromatic carbocycles. The number of hydrogen-bond donors (Lipinski definition) is 2. The van der Waals surface area contributed by atoms with E-state index in [4.69, 9.17) is 23.3 Å². The molecule has 6 atom stereocenters. The van der Waals surface area contributed by atoms with Gasteiger partial charge in [0.25, 0.3) is 11.4 Å². The number of fused-ring (bicyclic) bond motifs is 1. The Labute approximate surface area is 256 Å². The van der Waals surface area contributed by atoms with Crippen LogP contribution in [0.15, 0.2) is 64.3 Å². The fraction of sp³-hybridized carbons (Fsp3) is 0.448. The molecule has 4 rings (SSSR count). The summed E-state index contributed by atoms with van der Waals surface area (Å²) in [5.41, 5.74) is -4.86. The summed E-state index contributed by atoms with van der Waals surface area (Å²) in [7, 11) is -4.76. The molecule has 1 aliphatic rings. The van der Waals surface area contributed by atoms with Crippen LogP contribution in [0.1, 0.15) is 47.3 Å². The van der Waals surface area contributed by atoms with Crippen LogP contribution in [0.2, 0.25) is 0 Å². The standard InChI is InChI=1S/C29H34F2N3O10P/c1-6-23(36)42-25-28(5,30)26(34-15-14-22(35)32-27(34)38)43-29(25,31)16-40-45(39,33-18(4)24(37)41-17(2)3)44-21-13-9-11-19-10-7-8-12-20(19)21/h7-15,17-18,25-26H,6,16H2,1-5H3,(H,33,39)(H,32,35,38). The Bertz CT molecular complexity index is 1720.